The molecule has 0 bridgehead atoms. The van der Waals surface area contributed by atoms with Gasteiger partial charge in [-0.1, -0.05) is 0 Å². The number of ether oxygens (including phenoxy) is 2. The summed E-state index contributed by atoms with van der Waals surface area (Å²) in [6.45, 7) is 0.326. The van der Waals surface area contributed by atoms with Gasteiger partial charge in [0.1, 0.15) is 6.35 Å². The van der Waals surface area contributed by atoms with E-state index in [2.05, 4.69) is 4.74 Å². The zero-order valence-corrected chi connectivity index (χ0v) is 10.3. The highest BCUT2D eigenvalue weighted by Gasteiger charge is 2.12. The first-order chi connectivity index (χ1) is 7.21. The third-order valence-electron chi connectivity index (χ3n) is 1.37. The maximum atomic E-state index is 10.4. The van der Waals surface area contributed by atoms with Crippen LogP contribution >= 0.6 is 15.2 Å². The van der Waals surface area contributed by atoms with E-state index in [4.69, 9.17) is 24.3 Å². The molecule has 8 nitrogen and oxygen atoms in total. The Morgan fingerprint density at radius 2 is 1.38 bits per heavy atom. The summed E-state index contributed by atoms with van der Waals surface area (Å²) in [7, 11) is -8.09. The standard InChI is InChI=1S/C6H16O8P2/c7-15(8,9)5-1-2-13-3-4-14-6-16(10,11)12/h1-6H2,(H2,7,8,9)(H2,10,11,12). The molecule has 0 unspecified atom stereocenters. The van der Waals surface area contributed by atoms with E-state index in [0.717, 1.165) is 0 Å². The van der Waals surface area contributed by atoms with Crippen molar-refractivity contribution in [1.82, 2.24) is 0 Å². The molecule has 0 aliphatic carbocycles. The quantitative estimate of drug-likeness (QED) is 0.334. The summed E-state index contributed by atoms with van der Waals surface area (Å²) in [4.78, 5) is 33.8. The van der Waals surface area contributed by atoms with Gasteiger partial charge in [0, 0.05) is 6.61 Å². The normalized spacial score (nSPS) is 13.0. The number of rotatable bonds is 9. The Balaban J connectivity index is 3.23. The zero-order valence-electron chi connectivity index (χ0n) is 8.56. The van der Waals surface area contributed by atoms with Crippen LogP contribution in [0.25, 0.3) is 0 Å². The van der Waals surface area contributed by atoms with Crippen LogP contribution < -0.4 is 0 Å². The van der Waals surface area contributed by atoms with E-state index in [1.807, 2.05) is 0 Å². The van der Waals surface area contributed by atoms with E-state index in [1.165, 1.54) is 0 Å². The lowest BCUT2D eigenvalue weighted by molar-refractivity contribution is 0.0593. The average molecular weight is 278 g/mol. The SMILES string of the molecule is O=P(O)(O)CCCOCCOCP(=O)(O)O. The second kappa shape index (κ2) is 7.53. The minimum atomic E-state index is -4.13. The highest BCUT2D eigenvalue weighted by molar-refractivity contribution is 7.51. The molecule has 16 heavy (non-hydrogen) atoms. The number of hydrogen-bond acceptors (Lipinski definition) is 4. The average Bonchev–Trinajstić information content (AvgIpc) is 2.06. The van der Waals surface area contributed by atoms with Gasteiger partial charge in [0.15, 0.2) is 0 Å². The van der Waals surface area contributed by atoms with Crippen molar-refractivity contribution < 1.29 is 38.2 Å². The Morgan fingerprint density at radius 1 is 0.812 bits per heavy atom. The van der Waals surface area contributed by atoms with Crippen LogP contribution in [0.2, 0.25) is 0 Å². The summed E-state index contributed by atoms with van der Waals surface area (Å²) >= 11 is 0. The summed E-state index contributed by atoms with van der Waals surface area (Å²) in [5.74, 6) is 0. The molecule has 0 saturated heterocycles. The summed E-state index contributed by atoms with van der Waals surface area (Å²) in [6, 6.07) is 0. The summed E-state index contributed by atoms with van der Waals surface area (Å²) in [6.07, 6.45) is -0.669. The summed E-state index contributed by atoms with van der Waals surface area (Å²) in [5, 5.41) is 0. The first-order valence-electron chi connectivity index (χ1n) is 4.45. The van der Waals surface area contributed by atoms with Crippen LogP contribution in [0, 0.1) is 0 Å². The van der Waals surface area contributed by atoms with Crippen LogP contribution in [-0.4, -0.2) is 51.9 Å². The second-order valence-corrected chi connectivity index (χ2v) is 6.42. The molecule has 0 spiro atoms. The molecular weight excluding hydrogens is 262 g/mol. The van der Waals surface area contributed by atoms with Gasteiger partial charge < -0.3 is 29.0 Å². The van der Waals surface area contributed by atoms with Crippen LogP contribution in [0.4, 0.5) is 0 Å². The van der Waals surface area contributed by atoms with Crippen LogP contribution in [0.15, 0.2) is 0 Å². The van der Waals surface area contributed by atoms with Crippen molar-refractivity contribution in [2.24, 2.45) is 0 Å². The minimum Gasteiger partial charge on any atom is -0.379 e. The van der Waals surface area contributed by atoms with Crippen LogP contribution in [0.5, 0.6) is 0 Å². The molecule has 0 aliphatic heterocycles. The molecule has 0 amide bonds. The van der Waals surface area contributed by atoms with Crippen molar-refractivity contribution in [3.8, 4) is 0 Å². The Labute approximate surface area is 92.9 Å². The van der Waals surface area contributed by atoms with Gasteiger partial charge in [-0.05, 0) is 6.42 Å². The van der Waals surface area contributed by atoms with Gasteiger partial charge in [-0.2, -0.15) is 0 Å². The molecule has 0 aromatic carbocycles. The van der Waals surface area contributed by atoms with Crippen molar-refractivity contribution in [1.29, 1.82) is 0 Å². The molecule has 0 radical (unpaired) electrons. The molecule has 0 fully saturated rings. The van der Waals surface area contributed by atoms with Crippen molar-refractivity contribution >= 4 is 15.2 Å². The van der Waals surface area contributed by atoms with Crippen LogP contribution in [-0.2, 0) is 18.6 Å². The molecule has 0 atom stereocenters. The molecule has 10 heteroatoms. The molecule has 0 aromatic heterocycles. The van der Waals surface area contributed by atoms with Crippen molar-refractivity contribution in [2.75, 3.05) is 32.3 Å². The van der Waals surface area contributed by atoms with Gasteiger partial charge in [-0.3, -0.25) is 9.13 Å². The van der Waals surface area contributed by atoms with Crippen LogP contribution in [0.1, 0.15) is 6.42 Å². The van der Waals surface area contributed by atoms with Gasteiger partial charge in [0.05, 0.1) is 19.4 Å². The lowest BCUT2D eigenvalue weighted by Crippen LogP contribution is -2.07. The fraction of sp³-hybridized carbons (Fsp3) is 1.00. The van der Waals surface area contributed by atoms with E-state index in [1.54, 1.807) is 0 Å². The maximum Gasteiger partial charge on any atom is 0.350 e. The minimum absolute atomic E-state index is 0.0288. The Bertz CT molecular complexity index is 240. The van der Waals surface area contributed by atoms with E-state index < -0.39 is 21.5 Å². The fourth-order valence-electron chi connectivity index (χ4n) is 0.776. The molecular formula is C6H16O8P2. The first-order valence-corrected chi connectivity index (χ1v) is 8.05. The predicted molar refractivity (Wildman–Crippen MR) is 55.2 cm³/mol. The highest BCUT2D eigenvalue weighted by atomic mass is 31.2. The Morgan fingerprint density at radius 3 is 1.88 bits per heavy atom. The zero-order chi connectivity index (χ0) is 12.7. The molecule has 0 rings (SSSR count). The molecule has 0 aromatic rings. The summed E-state index contributed by atoms with van der Waals surface area (Å²) < 4.78 is 30.2. The van der Waals surface area contributed by atoms with E-state index >= 15 is 0 Å². The maximum absolute atomic E-state index is 10.4. The fourth-order valence-corrected chi connectivity index (χ4v) is 1.68. The van der Waals surface area contributed by atoms with Crippen molar-refractivity contribution in [3.05, 3.63) is 0 Å². The van der Waals surface area contributed by atoms with Gasteiger partial charge in [-0.15, -0.1) is 0 Å². The van der Waals surface area contributed by atoms with Gasteiger partial charge >= 0.3 is 15.2 Å². The first kappa shape index (κ1) is 16.2. The predicted octanol–water partition coefficient (Wildman–Crippen LogP) is -0.277. The van der Waals surface area contributed by atoms with Crippen LogP contribution in [0.3, 0.4) is 0 Å². The molecule has 4 N–H and O–H groups in total. The smallest absolute Gasteiger partial charge is 0.350 e. The second-order valence-electron chi connectivity index (χ2n) is 3.06. The van der Waals surface area contributed by atoms with Gasteiger partial charge in [-0.25, -0.2) is 0 Å². The third kappa shape index (κ3) is 14.2. The third-order valence-corrected chi connectivity index (χ3v) is 2.79. The number of hydrogen-bond donors (Lipinski definition) is 4. The Hall–Kier alpha value is 0.220. The van der Waals surface area contributed by atoms with E-state index in [9.17, 15) is 9.13 Å². The largest absolute Gasteiger partial charge is 0.379 e. The summed E-state index contributed by atoms with van der Waals surface area (Å²) in [5.41, 5.74) is 0. The van der Waals surface area contributed by atoms with Crippen molar-refractivity contribution in [2.45, 2.75) is 6.42 Å². The Kier molecular flexibility index (Phi) is 7.63. The van der Waals surface area contributed by atoms with E-state index in [-0.39, 0.29) is 32.4 Å². The highest BCUT2D eigenvalue weighted by Crippen LogP contribution is 2.34. The monoisotopic (exact) mass is 278 g/mol. The molecule has 0 aliphatic rings. The molecule has 98 valence electrons. The van der Waals surface area contributed by atoms with Gasteiger partial charge in [0.2, 0.25) is 0 Å². The van der Waals surface area contributed by atoms with E-state index in [0.29, 0.717) is 0 Å². The van der Waals surface area contributed by atoms with Crippen molar-refractivity contribution in [3.63, 3.8) is 0 Å². The lowest BCUT2D eigenvalue weighted by atomic mass is 10.5. The van der Waals surface area contributed by atoms with Gasteiger partial charge in [0.25, 0.3) is 0 Å². The molecule has 0 heterocycles. The molecule has 0 saturated carbocycles. The topological polar surface area (TPSA) is 134 Å². The lowest BCUT2D eigenvalue weighted by Gasteiger charge is -2.07.